The number of thiazole rings is 1. The molecule has 0 saturated carbocycles. The second kappa shape index (κ2) is 7.67. The summed E-state index contributed by atoms with van der Waals surface area (Å²) in [6.45, 7) is 8.03. The standard InChI is InChI=1S/C20H26N2O2S/c1-12(2)17-9-15(22-14(4)23)10-18(24-17)19-11-21-20(25-19)16-8-6-5-7-13(16)3/h5-8,11-12,15,17-18H,9-10H2,1-4H3,(H,22,23)/t15-,17-,18+/m0/s1. The molecule has 0 bridgehead atoms. The summed E-state index contributed by atoms with van der Waals surface area (Å²) < 4.78 is 6.34. The number of nitrogens with one attached hydrogen (secondary N) is 1. The van der Waals surface area contributed by atoms with Gasteiger partial charge in [0.2, 0.25) is 5.91 Å². The number of carbonyl (C=O) groups excluding carboxylic acids is 1. The number of ether oxygens (including phenoxy) is 1. The average Bonchev–Trinajstić information content (AvgIpc) is 3.04. The SMILES string of the molecule is CC(=O)N[C@H]1C[C@@H](C(C)C)O[C@@H](c2cnc(-c3ccccc3C)s2)C1. The third kappa shape index (κ3) is 4.28. The lowest BCUT2D eigenvalue weighted by Gasteiger charge is -2.37. The molecule has 134 valence electrons. The van der Waals surface area contributed by atoms with E-state index < -0.39 is 0 Å². The number of nitrogens with zero attached hydrogens (tertiary/aromatic N) is 1. The molecule has 2 aromatic rings. The number of carbonyl (C=O) groups is 1. The van der Waals surface area contributed by atoms with Crippen LogP contribution in [-0.2, 0) is 9.53 Å². The highest BCUT2D eigenvalue weighted by Gasteiger charge is 2.33. The van der Waals surface area contributed by atoms with Crippen LogP contribution in [0, 0.1) is 12.8 Å². The van der Waals surface area contributed by atoms with Crippen LogP contribution >= 0.6 is 11.3 Å². The van der Waals surface area contributed by atoms with Crippen molar-refractivity contribution in [3.63, 3.8) is 0 Å². The van der Waals surface area contributed by atoms with Crippen LogP contribution in [-0.4, -0.2) is 23.0 Å². The minimum atomic E-state index is -0.00623. The van der Waals surface area contributed by atoms with Gasteiger partial charge in [0, 0.05) is 24.7 Å². The Labute approximate surface area is 153 Å². The monoisotopic (exact) mass is 358 g/mol. The lowest BCUT2D eigenvalue weighted by atomic mass is 9.92. The number of aromatic nitrogens is 1. The zero-order valence-corrected chi connectivity index (χ0v) is 16.1. The van der Waals surface area contributed by atoms with Gasteiger partial charge in [0.15, 0.2) is 0 Å². The first kappa shape index (κ1) is 18.1. The van der Waals surface area contributed by atoms with Gasteiger partial charge in [-0.3, -0.25) is 4.79 Å². The summed E-state index contributed by atoms with van der Waals surface area (Å²) >= 11 is 1.69. The van der Waals surface area contributed by atoms with E-state index in [4.69, 9.17) is 4.74 Å². The van der Waals surface area contributed by atoms with Crippen LogP contribution in [0.3, 0.4) is 0 Å². The number of aryl methyl sites for hydroxylation is 1. The molecule has 25 heavy (non-hydrogen) atoms. The van der Waals surface area contributed by atoms with E-state index in [0.29, 0.717) is 5.92 Å². The predicted molar refractivity (Wildman–Crippen MR) is 102 cm³/mol. The van der Waals surface area contributed by atoms with E-state index in [2.05, 4.69) is 43.2 Å². The number of hydrogen-bond donors (Lipinski definition) is 1. The molecule has 1 fully saturated rings. The molecule has 0 radical (unpaired) electrons. The van der Waals surface area contributed by atoms with Gasteiger partial charge in [-0.2, -0.15) is 0 Å². The fourth-order valence-electron chi connectivity index (χ4n) is 3.35. The summed E-state index contributed by atoms with van der Waals surface area (Å²) in [4.78, 5) is 17.3. The highest BCUT2D eigenvalue weighted by molar-refractivity contribution is 7.15. The highest BCUT2D eigenvalue weighted by Crippen LogP contribution is 2.38. The first-order chi connectivity index (χ1) is 11.9. The van der Waals surface area contributed by atoms with Crippen LogP contribution < -0.4 is 5.32 Å². The van der Waals surface area contributed by atoms with Crippen molar-refractivity contribution in [3.8, 4) is 10.6 Å². The van der Waals surface area contributed by atoms with Crippen molar-refractivity contribution in [3.05, 3.63) is 40.9 Å². The highest BCUT2D eigenvalue weighted by atomic mass is 32.1. The molecular weight excluding hydrogens is 332 g/mol. The molecule has 4 nitrogen and oxygen atoms in total. The molecule has 0 unspecified atom stereocenters. The predicted octanol–water partition coefficient (Wildman–Crippen LogP) is 4.50. The van der Waals surface area contributed by atoms with Crippen molar-refractivity contribution in [2.24, 2.45) is 5.92 Å². The Bertz CT molecular complexity index is 741. The van der Waals surface area contributed by atoms with Gasteiger partial charge in [-0.25, -0.2) is 4.98 Å². The molecule has 1 aromatic carbocycles. The molecule has 0 aliphatic carbocycles. The number of amides is 1. The number of rotatable bonds is 4. The quantitative estimate of drug-likeness (QED) is 0.875. The maximum atomic E-state index is 11.5. The molecule has 1 aliphatic rings. The van der Waals surface area contributed by atoms with Gasteiger partial charge in [-0.1, -0.05) is 38.1 Å². The summed E-state index contributed by atoms with van der Waals surface area (Å²) in [5, 5.41) is 4.11. The third-order valence-corrected chi connectivity index (χ3v) is 5.84. The van der Waals surface area contributed by atoms with Gasteiger partial charge >= 0.3 is 0 Å². The molecule has 1 N–H and O–H groups in total. The molecule has 1 saturated heterocycles. The molecule has 3 atom stereocenters. The second-order valence-electron chi connectivity index (χ2n) is 7.16. The van der Waals surface area contributed by atoms with Crippen molar-refractivity contribution in [2.45, 2.75) is 58.8 Å². The van der Waals surface area contributed by atoms with E-state index in [0.717, 1.165) is 22.7 Å². The maximum absolute atomic E-state index is 11.5. The first-order valence-electron chi connectivity index (χ1n) is 8.88. The first-order valence-corrected chi connectivity index (χ1v) is 9.70. The van der Waals surface area contributed by atoms with Gasteiger partial charge in [0.1, 0.15) is 5.01 Å². The van der Waals surface area contributed by atoms with E-state index in [1.165, 1.54) is 11.1 Å². The summed E-state index contributed by atoms with van der Waals surface area (Å²) in [6, 6.07) is 8.46. The maximum Gasteiger partial charge on any atom is 0.217 e. The van der Waals surface area contributed by atoms with Crippen LogP contribution in [0.2, 0.25) is 0 Å². The van der Waals surface area contributed by atoms with Crippen LogP contribution in [0.4, 0.5) is 0 Å². The van der Waals surface area contributed by atoms with Crippen molar-refractivity contribution >= 4 is 17.2 Å². The number of hydrogen-bond acceptors (Lipinski definition) is 4. The molecule has 0 spiro atoms. The van der Waals surface area contributed by atoms with Gasteiger partial charge < -0.3 is 10.1 Å². The fraction of sp³-hybridized carbons (Fsp3) is 0.500. The summed E-state index contributed by atoms with van der Waals surface area (Å²) in [7, 11) is 0. The van der Waals surface area contributed by atoms with Gasteiger partial charge in [-0.05, 0) is 31.2 Å². The minimum absolute atomic E-state index is 0.00623. The van der Waals surface area contributed by atoms with Crippen molar-refractivity contribution < 1.29 is 9.53 Å². The number of benzene rings is 1. The normalized spacial score (nSPS) is 23.6. The van der Waals surface area contributed by atoms with Crippen molar-refractivity contribution in [1.29, 1.82) is 0 Å². The topological polar surface area (TPSA) is 51.2 Å². The Morgan fingerprint density at radius 3 is 2.76 bits per heavy atom. The summed E-state index contributed by atoms with van der Waals surface area (Å²) in [5.74, 6) is 0.445. The lowest BCUT2D eigenvalue weighted by molar-refractivity contribution is -0.123. The van der Waals surface area contributed by atoms with E-state index in [9.17, 15) is 4.79 Å². The Hall–Kier alpha value is -1.72. The van der Waals surface area contributed by atoms with Crippen LogP contribution in [0.25, 0.3) is 10.6 Å². The van der Waals surface area contributed by atoms with E-state index in [1.807, 2.05) is 18.3 Å². The average molecular weight is 359 g/mol. The van der Waals surface area contributed by atoms with Crippen molar-refractivity contribution in [2.75, 3.05) is 0 Å². The Balaban J connectivity index is 1.82. The molecule has 2 heterocycles. The molecule has 5 heteroatoms. The minimum Gasteiger partial charge on any atom is -0.369 e. The largest absolute Gasteiger partial charge is 0.369 e. The summed E-state index contributed by atoms with van der Waals surface area (Å²) in [5.41, 5.74) is 2.40. The van der Waals surface area contributed by atoms with Gasteiger partial charge in [-0.15, -0.1) is 11.3 Å². The molecule has 1 amide bonds. The van der Waals surface area contributed by atoms with Crippen molar-refractivity contribution in [1.82, 2.24) is 10.3 Å². The van der Waals surface area contributed by atoms with Crippen LogP contribution in [0.5, 0.6) is 0 Å². The van der Waals surface area contributed by atoms with Gasteiger partial charge in [0.05, 0.1) is 17.1 Å². The van der Waals surface area contributed by atoms with Gasteiger partial charge in [0.25, 0.3) is 0 Å². The van der Waals surface area contributed by atoms with E-state index in [-0.39, 0.29) is 24.2 Å². The zero-order chi connectivity index (χ0) is 18.0. The zero-order valence-electron chi connectivity index (χ0n) is 15.3. The lowest BCUT2D eigenvalue weighted by Crippen LogP contribution is -2.43. The van der Waals surface area contributed by atoms with Crippen LogP contribution in [0.15, 0.2) is 30.5 Å². The fourth-order valence-corrected chi connectivity index (χ4v) is 4.40. The summed E-state index contributed by atoms with van der Waals surface area (Å²) in [6.07, 6.45) is 3.76. The van der Waals surface area contributed by atoms with E-state index in [1.54, 1.807) is 18.3 Å². The van der Waals surface area contributed by atoms with Crippen LogP contribution in [0.1, 0.15) is 50.2 Å². The molecule has 1 aliphatic heterocycles. The molecule has 3 rings (SSSR count). The van der Waals surface area contributed by atoms with E-state index >= 15 is 0 Å². The Morgan fingerprint density at radius 2 is 2.08 bits per heavy atom. The Morgan fingerprint density at radius 1 is 1.32 bits per heavy atom. The third-order valence-electron chi connectivity index (χ3n) is 4.72. The smallest absolute Gasteiger partial charge is 0.217 e. The second-order valence-corrected chi connectivity index (χ2v) is 8.22. The Kier molecular flexibility index (Phi) is 5.54. The molecular formula is C20H26N2O2S. The molecule has 1 aromatic heterocycles.